The third-order valence-corrected chi connectivity index (χ3v) is 3.94. The summed E-state index contributed by atoms with van der Waals surface area (Å²) in [5.74, 6) is 1.18. The number of rotatable bonds is 1. The smallest absolute Gasteiger partial charge is 0.152 e. The maximum Gasteiger partial charge on any atom is 0.152 e. The Labute approximate surface area is 104 Å². The first-order valence-electron chi connectivity index (χ1n) is 6.33. The van der Waals surface area contributed by atoms with Crippen LogP contribution in [0.25, 0.3) is 11.0 Å². The third-order valence-electron chi connectivity index (χ3n) is 3.94. The Morgan fingerprint density at radius 3 is 2.94 bits per heavy atom. The highest BCUT2D eigenvalue weighted by Crippen LogP contribution is 2.38. The summed E-state index contributed by atoms with van der Waals surface area (Å²) in [5.41, 5.74) is 10.1. The second-order valence-corrected chi connectivity index (χ2v) is 4.92. The highest BCUT2D eigenvalue weighted by Gasteiger charge is 2.29. The molecule has 0 amide bonds. The Hall–Kier alpha value is -1.82. The predicted molar refractivity (Wildman–Crippen MR) is 68.4 cm³/mol. The zero-order chi connectivity index (χ0) is 12.3. The molecule has 4 rings (SSSR count). The second kappa shape index (κ2) is 3.35. The van der Waals surface area contributed by atoms with E-state index in [1.165, 1.54) is 5.69 Å². The zero-order valence-electron chi connectivity index (χ0n) is 10.1. The number of nitrogens with zero attached hydrogens (tertiary/aromatic N) is 4. The summed E-state index contributed by atoms with van der Waals surface area (Å²) >= 11 is 0. The lowest BCUT2D eigenvalue weighted by Gasteiger charge is -2.35. The monoisotopic (exact) mass is 245 g/mol. The topological polar surface area (TPSA) is 80.2 Å². The van der Waals surface area contributed by atoms with Crippen molar-refractivity contribution >= 4 is 22.5 Å². The minimum Gasteiger partial charge on any atom is -0.388 e. The van der Waals surface area contributed by atoms with Gasteiger partial charge >= 0.3 is 0 Å². The predicted octanol–water partition coefficient (Wildman–Crippen LogP) is 0.272. The minimum atomic E-state index is -0.0527. The number of nitrogen functional groups attached to an aromatic ring is 1. The molecule has 0 fully saturated rings. The van der Waals surface area contributed by atoms with Gasteiger partial charge in [-0.25, -0.2) is 9.97 Å². The number of aromatic nitrogens is 3. The van der Waals surface area contributed by atoms with Crippen LogP contribution in [-0.2, 0) is 19.6 Å². The first-order chi connectivity index (χ1) is 8.79. The van der Waals surface area contributed by atoms with Gasteiger partial charge in [-0.15, -0.1) is 0 Å². The summed E-state index contributed by atoms with van der Waals surface area (Å²) in [4.78, 5) is 11.3. The Balaban J connectivity index is 2.15. The molecule has 2 aliphatic heterocycles. The van der Waals surface area contributed by atoms with Crippen molar-refractivity contribution in [3.05, 3.63) is 11.5 Å². The van der Waals surface area contributed by atoms with Crippen molar-refractivity contribution in [3.63, 3.8) is 0 Å². The van der Waals surface area contributed by atoms with Gasteiger partial charge in [0.2, 0.25) is 0 Å². The molecule has 0 saturated carbocycles. The van der Waals surface area contributed by atoms with E-state index in [-0.39, 0.29) is 6.61 Å². The average molecular weight is 245 g/mol. The lowest BCUT2D eigenvalue weighted by Crippen LogP contribution is -2.36. The van der Waals surface area contributed by atoms with E-state index in [9.17, 15) is 5.11 Å². The van der Waals surface area contributed by atoms with E-state index in [4.69, 9.17) is 5.73 Å². The van der Waals surface area contributed by atoms with Gasteiger partial charge in [0.25, 0.3) is 0 Å². The number of anilines is 2. The molecule has 94 valence electrons. The minimum absolute atomic E-state index is 0.0527. The van der Waals surface area contributed by atoms with Gasteiger partial charge in [-0.1, -0.05) is 0 Å². The highest BCUT2D eigenvalue weighted by molar-refractivity contribution is 5.97. The quantitative estimate of drug-likeness (QED) is 0.754. The van der Waals surface area contributed by atoms with Crippen LogP contribution in [0, 0.1) is 0 Å². The summed E-state index contributed by atoms with van der Waals surface area (Å²) in [6, 6.07) is 0. The molecule has 6 heteroatoms. The molecule has 0 spiro atoms. The fraction of sp³-hybridized carbons (Fsp3) is 0.500. The molecule has 6 nitrogen and oxygen atoms in total. The standard InChI is InChI=1S/C12H15N5O/c13-12-9-11-10-7(14-12)2-1-3-16(10)4-5-17(11)8(6-18)15-9/h18H,1-6H2,(H2,13,14). The van der Waals surface area contributed by atoms with Crippen molar-refractivity contribution in [1.82, 2.24) is 14.5 Å². The van der Waals surface area contributed by atoms with Crippen LogP contribution in [0.2, 0.25) is 0 Å². The van der Waals surface area contributed by atoms with Crippen LogP contribution in [0.3, 0.4) is 0 Å². The van der Waals surface area contributed by atoms with Crippen LogP contribution in [0.5, 0.6) is 0 Å². The molecule has 0 atom stereocenters. The number of imidazole rings is 1. The Kier molecular flexibility index (Phi) is 1.89. The van der Waals surface area contributed by atoms with E-state index < -0.39 is 0 Å². The lowest BCUT2D eigenvalue weighted by atomic mass is 10.0. The van der Waals surface area contributed by atoms with Gasteiger partial charge in [0.05, 0.1) is 16.9 Å². The van der Waals surface area contributed by atoms with Crippen LogP contribution < -0.4 is 10.6 Å². The molecule has 0 aliphatic carbocycles. The maximum absolute atomic E-state index is 9.40. The second-order valence-electron chi connectivity index (χ2n) is 4.92. The number of nitrogens with two attached hydrogens (primary N) is 1. The number of aliphatic hydroxyl groups is 1. The van der Waals surface area contributed by atoms with E-state index in [1.54, 1.807) is 0 Å². The first kappa shape index (κ1) is 10.1. The van der Waals surface area contributed by atoms with E-state index in [2.05, 4.69) is 19.4 Å². The van der Waals surface area contributed by atoms with Gasteiger partial charge in [-0.05, 0) is 12.8 Å². The zero-order valence-corrected chi connectivity index (χ0v) is 10.1. The molecular formula is C12H15N5O. The molecule has 0 unspecified atom stereocenters. The maximum atomic E-state index is 9.40. The van der Waals surface area contributed by atoms with Gasteiger partial charge in [0.1, 0.15) is 17.9 Å². The Morgan fingerprint density at radius 2 is 2.11 bits per heavy atom. The van der Waals surface area contributed by atoms with E-state index in [0.717, 1.165) is 49.2 Å². The summed E-state index contributed by atoms with van der Waals surface area (Å²) < 4.78 is 2.09. The van der Waals surface area contributed by atoms with Crippen molar-refractivity contribution < 1.29 is 5.11 Å². The van der Waals surface area contributed by atoms with Crippen LogP contribution in [0.4, 0.5) is 11.5 Å². The van der Waals surface area contributed by atoms with Crippen molar-refractivity contribution in [2.75, 3.05) is 23.7 Å². The summed E-state index contributed by atoms with van der Waals surface area (Å²) in [5, 5.41) is 9.40. The molecule has 3 N–H and O–H groups in total. The third kappa shape index (κ3) is 1.11. The Morgan fingerprint density at radius 1 is 1.22 bits per heavy atom. The van der Waals surface area contributed by atoms with Gasteiger partial charge in [0, 0.05) is 19.6 Å². The fourth-order valence-electron chi connectivity index (χ4n) is 3.17. The van der Waals surface area contributed by atoms with E-state index >= 15 is 0 Å². The molecule has 2 aromatic rings. The van der Waals surface area contributed by atoms with Gasteiger partial charge in [-0.2, -0.15) is 0 Å². The van der Waals surface area contributed by atoms with Crippen LogP contribution in [0.15, 0.2) is 0 Å². The largest absolute Gasteiger partial charge is 0.388 e. The van der Waals surface area contributed by atoms with Gasteiger partial charge < -0.3 is 20.3 Å². The SMILES string of the molecule is Nc1nc2c3c4c1nc(CO)n4CCN3CCC2. The normalized spacial score (nSPS) is 17.5. The Bertz CT molecular complexity index is 648. The number of pyridine rings is 1. The number of hydrogen-bond acceptors (Lipinski definition) is 5. The molecule has 0 bridgehead atoms. The highest BCUT2D eigenvalue weighted by atomic mass is 16.3. The average Bonchev–Trinajstić information content (AvgIpc) is 2.77. The first-order valence-corrected chi connectivity index (χ1v) is 6.33. The molecule has 2 aliphatic rings. The summed E-state index contributed by atoms with van der Waals surface area (Å²) in [6.45, 7) is 2.85. The molecule has 18 heavy (non-hydrogen) atoms. The summed E-state index contributed by atoms with van der Waals surface area (Å²) in [7, 11) is 0. The fourth-order valence-corrected chi connectivity index (χ4v) is 3.17. The van der Waals surface area contributed by atoms with Crippen molar-refractivity contribution in [2.45, 2.75) is 26.0 Å². The summed E-state index contributed by atoms with van der Waals surface area (Å²) in [6.07, 6.45) is 2.11. The van der Waals surface area contributed by atoms with Crippen molar-refractivity contribution in [3.8, 4) is 0 Å². The molecule has 0 radical (unpaired) electrons. The van der Waals surface area contributed by atoms with Crippen molar-refractivity contribution in [2.24, 2.45) is 0 Å². The molecule has 0 aromatic carbocycles. The number of hydrogen-bond donors (Lipinski definition) is 2. The van der Waals surface area contributed by atoms with E-state index in [1.807, 2.05) is 0 Å². The van der Waals surface area contributed by atoms with Crippen LogP contribution in [-0.4, -0.2) is 32.7 Å². The van der Waals surface area contributed by atoms with Crippen molar-refractivity contribution in [1.29, 1.82) is 0 Å². The molecular weight excluding hydrogens is 230 g/mol. The van der Waals surface area contributed by atoms with Gasteiger partial charge in [0.15, 0.2) is 5.82 Å². The number of aliphatic hydroxyl groups excluding tert-OH is 1. The molecule has 2 aromatic heterocycles. The van der Waals surface area contributed by atoms with Crippen LogP contribution in [0.1, 0.15) is 17.9 Å². The van der Waals surface area contributed by atoms with Gasteiger partial charge in [-0.3, -0.25) is 0 Å². The number of aryl methyl sites for hydroxylation is 1. The molecule has 0 saturated heterocycles. The lowest BCUT2D eigenvalue weighted by molar-refractivity contribution is 0.265. The van der Waals surface area contributed by atoms with Crippen LogP contribution >= 0.6 is 0 Å². The molecule has 4 heterocycles. The van der Waals surface area contributed by atoms with E-state index in [0.29, 0.717) is 11.6 Å².